The van der Waals surface area contributed by atoms with Crippen LogP contribution >= 0.6 is 0 Å². The first-order valence-electron chi connectivity index (χ1n) is 6.80. The molecule has 15 heavy (non-hydrogen) atoms. The van der Waals surface area contributed by atoms with Gasteiger partial charge in [0, 0.05) is 0 Å². The summed E-state index contributed by atoms with van der Waals surface area (Å²) >= 11 is 0. The lowest BCUT2D eigenvalue weighted by Crippen LogP contribution is -2.05. The van der Waals surface area contributed by atoms with Gasteiger partial charge in [-0.2, -0.15) is 0 Å². The molecule has 0 radical (unpaired) electrons. The highest BCUT2D eigenvalue weighted by Crippen LogP contribution is 2.31. The zero-order valence-electron chi connectivity index (χ0n) is 9.83. The van der Waals surface area contributed by atoms with Gasteiger partial charge in [-0.1, -0.05) is 56.4 Å². The average molecular weight is 204 g/mol. The van der Waals surface area contributed by atoms with Crippen molar-refractivity contribution in [2.45, 2.75) is 57.8 Å². The first kappa shape index (κ1) is 11.0. The molecule has 2 rings (SSSR count). The van der Waals surface area contributed by atoms with Gasteiger partial charge in [0.15, 0.2) is 0 Å². The Hall–Kier alpha value is -0.520. The van der Waals surface area contributed by atoms with Crippen LogP contribution in [0.25, 0.3) is 0 Å². The molecule has 0 saturated carbocycles. The molecular formula is C15H24. The van der Waals surface area contributed by atoms with E-state index in [1.807, 2.05) is 0 Å². The van der Waals surface area contributed by atoms with Crippen LogP contribution in [0.15, 0.2) is 24.3 Å². The molecule has 0 N–H and O–H groups in total. The molecule has 0 aliphatic heterocycles. The molecule has 0 bridgehead atoms. The number of hydrogen-bond donors (Lipinski definition) is 0. The molecule has 0 heteroatoms. The van der Waals surface area contributed by atoms with Gasteiger partial charge in [-0.25, -0.2) is 0 Å². The Bertz CT molecular complexity index is 224. The lowest BCUT2D eigenvalue weighted by molar-refractivity contribution is 0.442. The van der Waals surface area contributed by atoms with Crippen LogP contribution in [0.3, 0.4) is 0 Å². The van der Waals surface area contributed by atoms with Gasteiger partial charge in [0.05, 0.1) is 0 Å². The van der Waals surface area contributed by atoms with Crippen molar-refractivity contribution in [2.75, 3.05) is 0 Å². The van der Waals surface area contributed by atoms with E-state index in [0.29, 0.717) is 0 Å². The monoisotopic (exact) mass is 204 g/mol. The van der Waals surface area contributed by atoms with Crippen molar-refractivity contribution in [2.24, 2.45) is 11.8 Å². The Balaban J connectivity index is 1.88. The summed E-state index contributed by atoms with van der Waals surface area (Å²) < 4.78 is 0. The van der Waals surface area contributed by atoms with Crippen LogP contribution in [-0.2, 0) is 0 Å². The molecule has 0 aromatic heterocycles. The molecule has 84 valence electrons. The van der Waals surface area contributed by atoms with Gasteiger partial charge in [0.1, 0.15) is 0 Å². The maximum Gasteiger partial charge on any atom is -0.0136 e. The van der Waals surface area contributed by atoms with Gasteiger partial charge < -0.3 is 0 Å². The van der Waals surface area contributed by atoms with Crippen molar-refractivity contribution >= 4 is 0 Å². The summed E-state index contributed by atoms with van der Waals surface area (Å²) in [6.45, 7) is 0. The second-order valence-corrected chi connectivity index (χ2v) is 5.12. The van der Waals surface area contributed by atoms with Crippen LogP contribution in [0.5, 0.6) is 0 Å². The van der Waals surface area contributed by atoms with E-state index in [1.165, 1.54) is 57.8 Å². The SMILES string of the molecule is C1=CC2CCCCCCCC/C=C/C2C1. The van der Waals surface area contributed by atoms with Gasteiger partial charge in [0.25, 0.3) is 0 Å². The summed E-state index contributed by atoms with van der Waals surface area (Å²) in [4.78, 5) is 0. The quantitative estimate of drug-likeness (QED) is 0.494. The second kappa shape index (κ2) is 6.15. The van der Waals surface area contributed by atoms with Gasteiger partial charge in [-0.15, -0.1) is 0 Å². The normalized spacial score (nSPS) is 35.2. The Morgan fingerprint density at radius 3 is 2.33 bits per heavy atom. The summed E-state index contributed by atoms with van der Waals surface area (Å²) in [7, 11) is 0. The van der Waals surface area contributed by atoms with Crippen LogP contribution in [0.2, 0.25) is 0 Å². The molecule has 0 aromatic carbocycles. The molecule has 0 fully saturated rings. The molecule has 0 spiro atoms. The lowest BCUT2D eigenvalue weighted by atomic mass is 9.89. The van der Waals surface area contributed by atoms with Crippen LogP contribution < -0.4 is 0 Å². The number of hydrogen-bond acceptors (Lipinski definition) is 0. The first-order chi connectivity index (χ1) is 7.47. The summed E-state index contributed by atoms with van der Waals surface area (Å²) in [5.41, 5.74) is 0. The Labute approximate surface area is 94.5 Å². The van der Waals surface area contributed by atoms with E-state index >= 15 is 0 Å². The fraction of sp³-hybridized carbons (Fsp3) is 0.733. The van der Waals surface area contributed by atoms with Crippen LogP contribution in [0.1, 0.15) is 57.8 Å². The van der Waals surface area contributed by atoms with Crippen molar-refractivity contribution in [3.63, 3.8) is 0 Å². The Kier molecular flexibility index (Phi) is 4.50. The Morgan fingerprint density at radius 1 is 0.667 bits per heavy atom. The van der Waals surface area contributed by atoms with Crippen LogP contribution in [-0.4, -0.2) is 0 Å². The van der Waals surface area contributed by atoms with Gasteiger partial charge >= 0.3 is 0 Å². The van der Waals surface area contributed by atoms with E-state index < -0.39 is 0 Å². The molecule has 0 amide bonds. The summed E-state index contributed by atoms with van der Waals surface area (Å²) in [5, 5.41) is 0. The van der Waals surface area contributed by atoms with Crippen LogP contribution in [0.4, 0.5) is 0 Å². The maximum absolute atomic E-state index is 2.49. The zero-order valence-corrected chi connectivity index (χ0v) is 9.83. The van der Waals surface area contributed by atoms with E-state index in [-0.39, 0.29) is 0 Å². The molecule has 2 aliphatic rings. The van der Waals surface area contributed by atoms with Gasteiger partial charge in [-0.3, -0.25) is 0 Å². The van der Waals surface area contributed by atoms with Crippen molar-refractivity contribution in [1.82, 2.24) is 0 Å². The predicted molar refractivity (Wildman–Crippen MR) is 66.8 cm³/mol. The summed E-state index contributed by atoms with van der Waals surface area (Å²) in [6, 6.07) is 0. The van der Waals surface area contributed by atoms with E-state index in [4.69, 9.17) is 0 Å². The maximum atomic E-state index is 2.49. The highest BCUT2D eigenvalue weighted by atomic mass is 14.2. The van der Waals surface area contributed by atoms with Crippen LogP contribution in [0, 0.1) is 11.8 Å². The molecule has 0 saturated heterocycles. The third-order valence-electron chi connectivity index (χ3n) is 3.88. The minimum absolute atomic E-state index is 0.837. The number of rotatable bonds is 0. The summed E-state index contributed by atoms with van der Waals surface area (Å²) in [5.74, 6) is 1.70. The highest BCUT2D eigenvalue weighted by Gasteiger charge is 2.19. The smallest absolute Gasteiger partial charge is 0.0136 e. The van der Waals surface area contributed by atoms with E-state index in [1.54, 1.807) is 0 Å². The standard InChI is InChI=1S/C15H24/c1-2-4-6-8-11-15-13-9-12-14(15)10-7-5-3-1/h7,9-10,13-15H,1-6,8,11-12H2/b10-7+. The molecule has 2 unspecified atom stereocenters. The van der Waals surface area contributed by atoms with Gasteiger partial charge in [-0.05, 0) is 37.5 Å². The minimum Gasteiger partial charge on any atom is -0.0882 e. The molecule has 0 heterocycles. The molecule has 0 aromatic rings. The average Bonchev–Trinajstić information content (AvgIpc) is 2.65. The van der Waals surface area contributed by atoms with E-state index in [2.05, 4.69) is 24.3 Å². The topological polar surface area (TPSA) is 0 Å². The fourth-order valence-corrected chi connectivity index (χ4v) is 2.88. The molecular weight excluding hydrogens is 180 g/mol. The minimum atomic E-state index is 0.837. The molecule has 0 nitrogen and oxygen atoms in total. The third kappa shape index (κ3) is 3.52. The Morgan fingerprint density at radius 2 is 1.40 bits per heavy atom. The largest absolute Gasteiger partial charge is 0.0882 e. The first-order valence-corrected chi connectivity index (χ1v) is 6.80. The summed E-state index contributed by atoms with van der Waals surface area (Å²) in [6.07, 6.45) is 22.5. The van der Waals surface area contributed by atoms with Gasteiger partial charge in [0.2, 0.25) is 0 Å². The number of fused-ring (bicyclic) bond motifs is 1. The number of allylic oxidation sites excluding steroid dienone is 4. The van der Waals surface area contributed by atoms with Crippen molar-refractivity contribution < 1.29 is 0 Å². The molecule has 2 atom stereocenters. The zero-order chi connectivity index (χ0) is 10.3. The van der Waals surface area contributed by atoms with Crippen molar-refractivity contribution in [1.29, 1.82) is 0 Å². The van der Waals surface area contributed by atoms with E-state index in [0.717, 1.165) is 11.8 Å². The fourth-order valence-electron chi connectivity index (χ4n) is 2.88. The second-order valence-electron chi connectivity index (χ2n) is 5.12. The van der Waals surface area contributed by atoms with E-state index in [9.17, 15) is 0 Å². The highest BCUT2D eigenvalue weighted by molar-refractivity contribution is 5.08. The molecule has 2 aliphatic carbocycles. The predicted octanol–water partition coefficient (Wildman–Crippen LogP) is 4.87. The lowest BCUT2D eigenvalue weighted by Gasteiger charge is -2.16. The van der Waals surface area contributed by atoms with Crippen molar-refractivity contribution in [3.8, 4) is 0 Å². The third-order valence-corrected chi connectivity index (χ3v) is 3.88. The van der Waals surface area contributed by atoms with Crippen molar-refractivity contribution in [3.05, 3.63) is 24.3 Å².